The summed E-state index contributed by atoms with van der Waals surface area (Å²) in [5, 5.41) is 3.01. The lowest BCUT2D eigenvalue weighted by atomic mass is 10.1. The van der Waals surface area contributed by atoms with Gasteiger partial charge in [0.1, 0.15) is 10.3 Å². The molecule has 1 aromatic heterocycles. The minimum atomic E-state index is -0.106. The van der Waals surface area contributed by atoms with Crippen LogP contribution in [0.4, 0.5) is 0 Å². The van der Waals surface area contributed by atoms with Gasteiger partial charge in [-0.1, -0.05) is 12.5 Å². The molecule has 1 fully saturated rings. The molecule has 0 radical (unpaired) electrons. The third-order valence-corrected chi connectivity index (χ3v) is 3.75. The van der Waals surface area contributed by atoms with E-state index in [1.807, 2.05) is 19.1 Å². The number of carbonyl (C=O) groups excluding carboxylic acids is 1. The van der Waals surface area contributed by atoms with Gasteiger partial charge in [-0.3, -0.25) is 4.79 Å². The van der Waals surface area contributed by atoms with Gasteiger partial charge in [0.2, 0.25) is 0 Å². The standard InChI is InChI=1S/C14H20BrN3O/c1-11(10-18-8-3-2-4-9-18)16-14(19)12-6-5-7-13(15)17-12/h5-7,11H,2-4,8-10H2,1H3,(H,16,19). The Balaban J connectivity index is 1.84. The van der Waals surface area contributed by atoms with Crippen molar-refractivity contribution in [2.45, 2.75) is 32.2 Å². The molecule has 0 aromatic carbocycles. The van der Waals surface area contributed by atoms with Crippen LogP contribution in [0.15, 0.2) is 22.8 Å². The second-order valence-electron chi connectivity index (χ2n) is 5.08. The number of nitrogens with one attached hydrogen (secondary N) is 1. The summed E-state index contributed by atoms with van der Waals surface area (Å²) in [4.78, 5) is 18.6. The lowest BCUT2D eigenvalue weighted by Gasteiger charge is -2.29. The lowest BCUT2D eigenvalue weighted by molar-refractivity contribution is 0.0920. The van der Waals surface area contributed by atoms with Crippen LogP contribution >= 0.6 is 15.9 Å². The smallest absolute Gasteiger partial charge is 0.270 e. The van der Waals surface area contributed by atoms with E-state index in [1.54, 1.807) is 6.07 Å². The van der Waals surface area contributed by atoms with E-state index in [-0.39, 0.29) is 11.9 Å². The fraction of sp³-hybridized carbons (Fsp3) is 0.571. The summed E-state index contributed by atoms with van der Waals surface area (Å²) in [6.07, 6.45) is 3.88. The van der Waals surface area contributed by atoms with Crippen LogP contribution in [0.5, 0.6) is 0 Å². The molecule has 4 nitrogen and oxygen atoms in total. The zero-order chi connectivity index (χ0) is 13.7. The molecule has 0 aliphatic carbocycles. The number of nitrogens with zero attached hydrogens (tertiary/aromatic N) is 2. The molecular weight excluding hydrogens is 306 g/mol. The third kappa shape index (κ3) is 4.58. The first kappa shape index (κ1) is 14.5. The fourth-order valence-electron chi connectivity index (χ4n) is 2.41. The quantitative estimate of drug-likeness (QED) is 0.865. The van der Waals surface area contributed by atoms with Crippen molar-refractivity contribution in [3.63, 3.8) is 0 Å². The topological polar surface area (TPSA) is 45.2 Å². The van der Waals surface area contributed by atoms with Gasteiger partial charge in [-0.2, -0.15) is 0 Å². The summed E-state index contributed by atoms with van der Waals surface area (Å²) in [6, 6.07) is 5.51. The summed E-state index contributed by atoms with van der Waals surface area (Å²) in [5.41, 5.74) is 0.458. The molecule has 1 unspecified atom stereocenters. The molecule has 1 saturated heterocycles. The van der Waals surface area contributed by atoms with Crippen LogP contribution in [-0.2, 0) is 0 Å². The number of amides is 1. The van der Waals surface area contributed by atoms with E-state index in [2.05, 4.69) is 31.1 Å². The van der Waals surface area contributed by atoms with Crippen LogP contribution in [-0.4, -0.2) is 41.5 Å². The largest absolute Gasteiger partial charge is 0.347 e. The number of rotatable bonds is 4. The van der Waals surface area contributed by atoms with Crippen LogP contribution in [0.1, 0.15) is 36.7 Å². The van der Waals surface area contributed by atoms with Crippen LogP contribution in [0.25, 0.3) is 0 Å². The third-order valence-electron chi connectivity index (χ3n) is 3.31. The maximum Gasteiger partial charge on any atom is 0.270 e. The highest BCUT2D eigenvalue weighted by molar-refractivity contribution is 9.10. The average molecular weight is 326 g/mol. The minimum absolute atomic E-state index is 0.106. The maximum atomic E-state index is 12.0. The molecule has 1 atom stereocenters. The van der Waals surface area contributed by atoms with Crippen molar-refractivity contribution in [3.8, 4) is 0 Å². The second-order valence-corrected chi connectivity index (χ2v) is 5.89. The maximum absolute atomic E-state index is 12.0. The summed E-state index contributed by atoms with van der Waals surface area (Å²) in [5.74, 6) is -0.106. The Kier molecular flexibility index (Phi) is 5.34. The second kappa shape index (κ2) is 7.01. The van der Waals surface area contributed by atoms with Crippen LogP contribution < -0.4 is 5.32 Å². The van der Waals surface area contributed by atoms with Gasteiger partial charge in [-0.05, 0) is 60.9 Å². The molecule has 1 aliphatic rings. The zero-order valence-electron chi connectivity index (χ0n) is 11.2. The summed E-state index contributed by atoms with van der Waals surface area (Å²) in [6.45, 7) is 5.26. The van der Waals surface area contributed by atoms with Gasteiger partial charge < -0.3 is 10.2 Å². The van der Waals surface area contributed by atoms with Crippen LogP contribution in [0.3, 0.4) is 0 Å². The Morgan fingerprint density at radius 1 is 1.42 bits per heavy atom. The monoisotopic (exact) mass is 325 g/mol. The van der Waals surface area contributed by atoms with E-state index >= 15 is 0 Å². The highest BCUT2D eigenvalue weighted by Gasteiger charge is 2.16. The number of likely N-dealkylation sites (tertiary alicyclic amines) is 1. The van der Waals surface area contributed by atoms with E-state index in [1.165, 1.54) is 19.3 Å². The van der Waals surface area contributed by atoms with Crippen molar-refractivity contribution in [1.29, 1.82) is 0 Å². The molecule has 1 amide bonds. The van der Waals surface area contributed by atoms with Gasteiger partial charge in [0.25, 0.3) is 5.91 Å². The van der Waals surface area contributed by atoms with Crippen molar-refractivity contribution >= 4 is 21.8 Å². The molecule has 19 heavy (non-hydrogen) atoms. The normalized spacial score (nSPS) is 18.0. The number of piperidine rings is 1. The minimum Gasteiger partial charge on any atom is -0.347 e. The molecular formula is C14H20BrN3O. The van der Waals surface area contributed by atoms with Gasteiger partial charge in [-0.15, -0.1) is 0 Å². The van der Waals surface area contributed by atoms with Crippen molar-refractivity contribution < 1.29 is 4.79 Å². The van der Waals surface area contributed by atoms with Gasteiger partial charge in [0, 0.05) is 12.6 Å². The lowest BCUT2D eigenvalue weighted by Crippen LogP contribution is -2.43. The first-order chi connectivity index (χ1) is 9.15. The van der Waals surface area contributed by atoms with Gasteiger partial charge in [-0.25, -0.2) is 4.98 Å². The first-order valence-electron chi connectivity index (χ1n) is 6.81. The zero-order valence-corrected chi connectivity index (χ0v) is 12.8. The van der Waals surface area contributed by atoms with Gasteiger partial charge in [0.05, 0.1) is 0 Å². The average Bonchev–Trinajstić information content (AvgIpc) is 2.39. The predicted molar refractivity (Wildman–Crippen MR) is 79.2 cm³/mol. The molecule has 0 spiro atoms. The Bertz CT molecular complexity index is 432. The molecule has 104 valence electrons. The fourth-order valence-corrected chi connectivity index (χ4v) is 2.75. The molecule has 5 heteroatoms. The van der Waals surface area contributed by atoms with Crippen molar-refractivity contribution in [2.75, 3.05) is 19.6 Å². The molecule has 0 saturated carbocycles. The van der Waals surface area contributed by atoms with E-state index in [0.29, 0.717) is 10.3 Å². The molecule has 1 aliphatic heterocycles. The highest BCUT2D eigenvalue weighted by Crippen LogP contribution is 2.09. The Morgan fingerprint density at radius 3 is 2.84 bits per heavy atom. The molecule has 2 rings (SSSR count). The predicted octanol–water partition coefficient (Wildman–Crippen LogP) is 2.45. The number of carbonyl (C=O) groups is 1. The van der Waals surface area contributed by atoms with Crippen LogP contribution in [0, 0.1) is 0 Å². The van der Waals surface area contributed by atoms with Crippen molar-refractivity contribution in [1.82, 2.24) is 15.2 Å². The Labute approximate surface area is 122 Å². The Morgan fingerprint density at radius 2 is 2.16 bits per heavy atom. The van der Waals surface area contributed by atoms with Crippen molar-refractivity contribution in [3.05, 3.63) is 28.5 Å². The van der Waals surface area contributed by atoms with Gasteiger partial charge >= 0.3 is 0 Å². The summed E-state index contributed by atoms with van der Waals surface area (Å²) < 4.78 is 0.684. The number of hydrogen-bond donors (Lipinski definition) is 1. The number of halogens is 1. The van der Waals surface area contributed by atoms with Gasteiger partial charge in [0.15, 0.2) is 0 Å². The van der Waals surface area contributed by atoms with E-state index in [0.717, 1.165) is 19.6 Å². The molecule has 1 N–H and O–H groups in total. The van der Waals surface area contributed by atoms with Crippen molar-refractivity contribution in [2.24, 2.45) is 0 Å². The highest BCUT2D eigenvalue weighted by atomic mass is 79.9. The molecule has 2 heterocycles. The first-order valence-corrected chi connectivity index (χ1v) is 7.60. The van der Waals surface area contributed by atoms with Crippen LogP contribution in [0.2, 0.25) is 0 Å². The molecule has 1 aromatic rings. The van der Waals surface area contributed by atoms with E-state index < -0.39 is 0 Å². The number of hydrogen-bond acceptors (Lipinski definition) is 3. The summed E-state index contributed by atoms with van der Waals surface area (Å²) >= 11 is 3.28. The van der Waals surface area contributed by atoms with E-state index in [9.17, 15) is 4.79 Å². The number of aromatic nitrogens is 1. The summed E-state index contributed by atoms with van der Waals surface area (Å²) in [7, 11) is 0. The Hall–Kier alpha value is -0.940. The SMILES string of the molecule is CC(CN1CCCCC1)NC(=O)c1cccc(Br)n1. The van der Waals surface area contributed by atoms with E-state index in [4.69, 9.17) is 0 Å². The molecule has 0 bridgehead atoms. The number of pyridine rings is 1.